The zero-order valence-corrected chi connectivity index (χ0v) is 17.8. The molecule has 1 heterocycles. The Kier molecular flexibility index (Phi) is 7.96. The van der Waals surface area contributed by atoms with Crippen LogP contribution in [-0.4, -0.2) is 40.1 Å². The molecule has 156 valence electrons. The van der Waals surface area contributed by atoms with Crippen molar-refractivity contribution in [3.05, 3.63) is 52.3 Å². The van der Waals surface area contributed by atoms with Gasteiger partial charge in [0.25, 0.3) is 5.91 Å². The molecular formula is C21H26ClN3O4. The summed E-state index contributed by atoms with van der Waals surface area (Å²) in [5, 5.41) is 7.06. The van der Waals surface area contributed by atoms with E-state index in [0.29, 0.717) is 24.6 Å². The first-order valence-electron chi connectivity index (χ1n) is 9.42. The summed E-state index contributed by atoms with van der Waals surface area (Å²) in [5.74, 6) is -1.16. The molecule has 0 bridgehead atoms. The second kappa shape index (κ2) is 10.2. The maximum absolute atomic E-state index is 12.4. The van der Waals surface area contributed by atoms with Gasteiger partial charge < -0.3 is 10.1 Å². The van der Waals surface area contributed by atoms with Gasteiger partial charge in [-0.05, 0) is 31.7 Å². The quantitative estimate of drug-likeness (QED) is 0.631. The number of nitrogens with zero attached hydrogens (tertiary/aromatic N) is 2. The lowest BCUT2D eigenvalue weighted by Crippen LogP contribution is -2.43. The predicted molar refractivity (Wildman–Crippen MR) is 110 cm³/mol. The number of rotatable bonds is 9. The standard InChI is InChI=1S/C21H26ClN3O4/c1-13(2)11-25-20(22)19(14(3)24-25)21(28)29-12-18(27)23-17(15(4)26)10-16-8-6-5-7-9-16/h5-9,13,17H,10-12H2,1-4H3,(H,23,27)/t17-/m0/s1. The molecule has 0 radical (unpaired) electrons. The zero-order valence-electron chi connectivity index (χ0n) is 17.1. The molecule has 1 atom stereocenters. The average molecular weight is 420 g/mol. The van der Waals surface area contributed by atoms with Crippen molar-refractivity contribution in [2.24, 2.45) is 5.92 Å². The molecule has 29 heavy (non-hydrogen) atoms. The smallest absolute Gasteiger partial charge is 0.343 e. The van der Waals surface area contributed by atoms with Gasteiger partial charge in [0.1, 0.15) is 10.7 Å². The number of hydrogen-bond acceptors (Lipinski definition) is 5. The number of halogens is 1. The van der Waals surface area contributed by atoms with Crippen LogP contribution in [-0.2, 0) is 27.3 Å². The van der Waals surface area contributed by atoms with Crippen molar-refractivity contribution in [3.63, 3.8) is 0 Å². The number of hydrogen-bond donors (Lipinski definition) is 1. The van der Waals surface area contributed by atoms with Crippen molar-refractivity contribution in [3.8, 4) is 0 Å². The first kappa shape index (κ1) is 22.6. The third-order valence-electron chi connectivity index (χ3n) is 4.25. The molecule has 0 saturated carbocycles. The highest BCUT2D eigenvalue weighted by Crippen LogP contribution is 2.21. The van der Waals surface area contributed by atoms with Gasteiger partial charge in [0, 0.05) is 6.54 Å². The van der Waals surface area contributed by atoms with Crippen molar-refractivity contribution in [1.82, 2.24) is 15.1 Å². The highest BCUT2D eigenvalue weighted by Gasteiger charge is 2.24. The molecular weight excluding hydrogens is 394 g/mol. The fourth-order valence-corrected chi connectivity index (χ4v) is 3.16. The molecule has 0 spiro atoms. The van der Waals surface area contributed by atoms with Gasteiger partial charge in [-0.25, -0.2) is 4.79 Å². The highest BCUT2D eigenvalue weighted by molar-refractivity contribution is 6.32. The van der Waals surface area contributed by atoms with E-state index < -0.39 is 24.5 Å². The molecule has 1 aromatic carbocycles. The SMILES string of the molecule is CC(=O)[C@H](Cc1ccccc1)NC(=O)COC(=O)c1c(C)nn(CC(C)C)c1Cl. The van der Waals surface area contributed by atoms with Crippen LogP contribution in [0, 0.1) is 12.8 Å². The van der Waals surface area contributed by atoms with Crippen molar-refractivity contribution < 1.29 is 19.1 Å². The number of ether oxygens (including phenoxy) is 1. The van der Waals surface area contributed by atoms with Gasteiger partial charge in [0.2, 0.25) is 0 Å². The van der Waals surface area contributed by atoms with Crippen molar-refractivity contribution in [1.29, 1.82) is 0 Å². The van der Waals surface area contributed by atoms with Gasteiger partial charge in [-0.15, -0.1) is 0 Å². The summed E-state index contributed by atoms with van der Waals surface area (Å²) in [6, 6.07) is 8.66. The van der Waals surface area contributed by atoms with E-state index >= 15 is 0 Å². The molecule has 1 N–H and O–H groups in total. The lowest BCUT2D eigenvalue weighted by molar-refractivity contribution is -0.128. The first-order valence-corrected chi connectivity index (χ1v) is 9.80. The lowest BCUT2D eigenvalue weighted by Gasteiger charge is -2.16. The molecule has 0 fully saturated rings. The van der Waals surface area contributed by atoms with Gasteiger partial charge in [0.05, 0.1) is 11.7 Å². The number of carbonyl (C=O) groups is 3. The monoisotopic (exact) mass is 419 g/mol. The Labute approximate surface area is 175 Å². The number of amides is 1. The number of aryl methyl sites for hydroxylation is 1. The summed E-state index contributed by atoms with van der Waals surface area (Å²) >= 11 is 6.25. The Morgan fingerprint density at radius 2 is 1.86 bits per heavy atom. The predicted octanol–water partition coefficient (Wildman–Crippen LogP) is 2.97. The Morgan fingerprint density at radius 3 is 2.45 bits per heavy atom. The van der Waals surface area contributed by atoms with E-state index in [4.69, 9.17) is 16.3 Å². The fourth-order valence-electron chi connectivity index (χ4n) is 2.84. The molecule has 2 aromatic rings. The van der Waals surface area contributed by atoms with Crippen LogP contribution in [0.15, 0.2) is 30.3 Å². The van der Waals surface area contributed by atoms with Gasteiger partial charge in [-0.1, -0.05) is 55.8 Å². The first-order chi connectivity index (χ1) is 13.7. The number of benzene rings is 1. The van der Waals surface area contributed by atoms with E-state index in [9.17, 15) is 14.4 Å². The van der Waals surface area contributed by atoms with Crippen molar-refractivity contribution >= 4 is 29.3 Å². The number of esters is 1. The van der Waals surface area contributed by atoms with Crippen LogP contribution in [0.1, 0.15) is 42.4 Å². The molecule has 1 amide bonds. The van der Waals surface area contributed by atoms with E-state index in [2.05, 4.69) is 10.4 Å². The summed E-state index contributed by atoms with van der Waals surface area (Å²) in [6.07, 6.45) is 0.364. The van der Waals surface area contributed by atoms with Crippen molar-refractivity contribution in [2.45, 2.75) is 46.7 Å². The molecule has 7 nitrogen and oxygen atoms in total. The van der Waals surface area contributed by atoms with Crippen LogP contribution in [0.5, 0.6) is 0 Å². The van der Waals surface area contributed by atoms with E-state index in [0.717, 1.165) is 5.56 Å². The van der Waals surface area contributed by atoms with Crippen LogP contribution in [0.2, 0.25) is 5.15 Å². The number of Topliss-reactive ketones (excluding diaryl/α,β-unsaturated/α-hetero) is 1. The fraction of sp³-hybridized carbons (Fsp3) is 0.429. The minimum absolute atomic E-state index is 0.146. The molecule has 2 rings (SSSR count). The Hall–Kier alpha value is -2.67. The van der Waals surface area contributed by atoms with Gasteiger partial charge in [-0.2, -0.15) is 5.10 Å². The average Bonchev–Trinajstić information content (AvgIpc) is 2.92. The van der Waals surface area contributed by atoms with E-state index in [-0.39, 0.29) is 16.5 Å². The topological polar surface area (TPSA) is 90.3 Å². The second-order valence-electron chi connectivity index (χ2n) is 7.32. The summed E-state index contributed by atoms with van der Waals surface area (Å²) in [6.45, 7) is 7.14. The third kappa shape index (κ3) is 6.42. The second-order valence-corrected chi connectivity index (χ2v) is 7.68. The van der Waals surface area contributed by atoms with Gasteiger partial charge in [0.15, 0.2) is 12.4 Å². The lowest BCUT2D eigenvalue weighted by atomic mass is 10.0. The Balaban J connectivity index is 1.96. The number of aromatic nitrogens is 2. The number of carbonyl (C=O) groups excluding carboxylic acids is 3. The molecule has 0 aliphatic rings. The van der Waals surface area contributed by atoms with E-state index in [1.807, 2.05) is 44.2 Å². The molecule has 0 aliphatic carbocycles. The van der Waals surface area contributed by atoms with Crippen LogP contribution in [0.4, 0.5) is 0 Å². The normalized spacial score (nSPS) is 11.9. The van der Waals surface area contributed by atoms with Crippen LogP contribution < -0.4 is 5.32 Å². The zero-order chi connectivity index (χ0) is 21.6. The molecule has 0 saturated heterocycles. The Bertz CT molecular complexity index is 878. The van der Waals surface area contributed by atoms with E-state index in [1.165, 1.54) is 6.92 Å². The summed E-state index contributed by atoms with van der Waals surface area (Å²) in [5.41, 5.74) is 1.50. The van der Waals surface area contributed by atoms with Gasteiger partial charge in [-0.3, -0.25) is 14.3 Å². The van der Waals surface area contributed by atoms with Crippen LogP contribution >= 0.6 is 11.6 Å². The van der Waals surface area contributed by atoms with E-state index in [1.54, 1.807) is 11.6 Å². The molecule has 8 heteroatoms. The molecule has 0 aliphatic heterocycles. The highest BCUT2D eigenvalue weighted by atomic mass is 35.5. The van der Waals surface area contributed by atoms with Crippen LogP contribution in [0.25, 0.3) is 0 Å². The Morgan fingerprint density at radius 1 is 1.21 bits per heavy atom. The number of nitrogens with one attached hydrogen (secondary N) is 1. The summed E-state index contributed by atoms with van der Waals surface area (Å²) < 4.78 is 6.65. The summed E-state index contributed by atoms with van der Waals surface area (Å²) in [7, 11) is 0. The number of ketones is 1. The minimum atomic E-state index is -0.722. The van der Waals surface area contributed by atoms with Crippen LogP contribution in [0.3, 0.4) is 0 Å². The minimum Gasteiger partial charge on any atom is -0.452 e. The van der Waals surface area contributed by atoms with Crippen molar-refractivity contribution in [2.75, 3.05) is 6.61 Å². The third-order valence-corrected chi connectivity index (χ3v) is 4.63. The largest absolute Gasteiger partial charge is 0.452 e. The maximum atomic E-state index is 12.4. The van der Waals surface area contributed by atoms with Gasteiger partial charge >= 0.3 is 5.97 Å². The molecule has 1 aromatic heterocycles. The molecule has 0 unspecified atom stereocenters. The summed E-state index contributed by atoms with van der Waals surface area (Å²) in [4.78, 5) is 36.5. The maximum Gasteiger partial charge on any atom is 0.343 e.